The molecule has 1 fully saturated rings. The van der Waals surface area contributed by atoms with Gasteiger partial charge in [-0.15, -0.1) is 0 Å². The second kappa shape index (κ2) is 5.88. The van der Waals surface area contributed by atoms with Crippen molar-refractivity contribution >= 4 is 11.6 Å². The lowest BCUT2D eigenvalue weighted by molar-refractivity contribution is 0.0299. The molecule has 5 nitrogen and oxygen atoms in total. The molecule has 0 aromatic heterocycles. The molecule has 0 bridgehead atoms. The maximum absolute atomic E-state index is 13.9. The van der Waals surface area contributed by atoms with Gasteiger partial charge in [0.25, 0.3) is 5.91 Å². The highest BCUT2D eigenvalue weighted by atomic mass is 19.1. The Balaban J connectivity index is 2.27. The van der Waals surface area contributed by atoms with E-state index >= 15 is 0 Å². The van der Waals surface area contributed by atoms with Crippen LogP contribution >= 0.6 is 0 Å². The van der Waals surface area contributed by atoms with Crippen LogP contribution in [0.3, 0.4) is 0 Å². The van der Waals surface area contributed by atoms with Crippen molar-refractivity contribution in [2.24, 2.45) is 0 Å². The van der Waals surface area contributed by atoms with Crippen LogP contribution in [0.5, 0.6) is 5.75 Å². The summed E-state index contributed by atoms with van der Waals surface area (Å²) < 4.78 is 24.3. The van der Waals surface area contributed by atoms with Gasteiger partial charge >= 0.3 is 0 Å². The van der Waals surface area contributed by atoms with E-state index in [0.717, 1.165) is 6.07 Å². The van der Waals surface area contributed by atoms with Gasteiger partial charge in [-0.1, -0.05) is 0 Å². The summed E-state index contributed by atoms with van der Waals surface area (Å²) in [4.78, 5) is 13.8. The first kappa shape index (κ1) is 13.6. The van der Waals surface area contributed by atoms with Crippen LogP contribution in [0.4, 0.5) is 10.1 Å². The molecular formula is C13H17FN2O3. The summed E-state index contributed by atoms with van der Waals surface area (Å²) in [6, 6.07) is 2.49. The SMILES string of the molecule is CCOc1cc(C(=O)N2CCOCC2)c(F)cc1N. The van der Waals surface area contributed by atoms with Crippen molar-refractivity contribution < 1.29 is 18.7 Å². The molecule has 2 rings (SSSR count). The van der Waals surface area contributed by atoms with Crippen LogP contribution < -0.4 is 10.5 Å². The number of amides is 1. The molecule has 0 saturated carbocycles. The normalized spacial score (nSPS) is 15.4. The highest BCUT2D eigenvalue weighted by molar-refractivity contribution is 5.95. The van der Waals surface area contributed by atoms with Crippen LogP contribution in [0, 0.1) is 5.82 Å². The van der Waals surface area contributed by atoms with E-state index in [1.54, 1.807) is 11.8 Å². The number of rotatable bonds is 3. The van der Waals surface area contributed by atoms with Gasteiger partial charge < -0.3 is 20.1 Å². The number of hydrogen-bond acceptors (Lipinski definition) is 4. The number of anilines is 1. The minimum absolute atomic E-state index is 0.0143. The Morgan fingerprint density at radius 1 is 1.47 bits per heavy atom. The third-order valence-corrected chi connectivity index (χ3v) is 2.93. The van der Waals surface area contributed by atoms with E-state index in [-0.39, 0.29) is 17.2 Å². The topological polar surface area (TPSA) is 64.8 Å². The van der Waals surface area contributed by atoms with Crippen LogP contribution in [-0.4, -0.2) is 43.7 Å². The Morgan fingerprint density at radius 2 is 2.16 bits per heavy atom. The average Bonchev–Trinajstić information content (AvgIpc) is 2.42. The third kappa shape index (κ3) is 2.96. The van der Waals surface area contributed by atoms with Gasteiger partial charge in [0.05, 0.1) is 31.1 Å². The van der Waals surface area contributed by atoms with E-state index < -0.39 is 5.82 Å². The number of nitrogen functional groups attached to an aromatic ring is 1. The quantitative estimate of drug-likeness (QED) is 0.839. The Hall–Kier alpha value is -1.82. The molecule has 1 saturated heterocycles. The summed E-state index contributed by atoms with van der Waals surface area (Å²) in [6.07, 6.45) is 0. The summed E-state index contributed by atoms with van der Waals surface area (Å²) >= 11 is 0. The van der Waals surface area contributed by atoms with Crippen LogP contribution in [0.15, 0.2) is 12.1 Å². The van der Waals surface area contributed by atoms with E-state index in [4.69, 9.17) is 15.2 Å². The first-order valence-corrected chi connectivity index (χ1v) is 6.22. The fraction of sp³-hybridized carbons (Fsp3) is 0.462. The number of carbonyl (C=O) groups is 1. The molecule has 6 heteroatoms. The lowest BCUT2D eigenvalue weighted by Gasteiger charge is -2.27. The van der Waals surface area contributed by atoms with Crippen molar-refractivity contribution in [1.82, 2.24) is 4.90 Å². The van der Waals surface area contributed by atoms with E-state index in [2.05, 4.69) is 0 Å². The lowest BCUT2D eigenvalue weighted by Crippen LogP contribution is -2.41. The number of carbonyl (C=O) groups excluding carboxylic acids is 1. The Labute approximate surface area is 111 Å². The maximum Gasteiger partial charge on any atom is 0.257 e. The average molecular weight is 268 g/mol. The molecule has 0 radical (unpaired) electrons. The highest BCUT2D eigenvalue weighted by Crippen LogP contribution is 2.26. The molecule has 0 aliphatic carbocycles. The van der Waals surface area contributed by atoms with Crippen molar-refractivity contribution in [2.45, 2.75) is 6.92 Å². The van der Waals surface area contributed by atoms with Gasteiger partial charge in [-0.05, 0) is 13.0 Å². The molecule has 0 unspecified atom stereocenters. The molecule has 1 amide bonds. The number of morpholine rings is 1. The zero-order valence-corrected chi connectivity index (χ0v) is 10.8. The summed E-state index contributed by atoms with van der Waals surface area (Å²) in [5.41, 5.74) is 5.82. The predicted octanol–water partition coefficient (Wildman–Crippen LogP) is 1.28. The smallest absolute Gasteiger partial charge is 0.257 e. The minimum atomic E-state index is -0.627. The molecule has 1 aliphatic heterocycles. The van der Waals surface area contributed by atoms with Gasteiger partial charge in [-0.2, -0.15) is 0 Å². The Kier molecular flexibility index (Phi) is 4.21. The fourth-order valence-corrected chi connectivity index (χ4v) is 1.95. The van der Waals surface area contributed by atoms with Crippen molar-refractivity contribution in [3.63, 3.8) is 0 Å². The number of nitrogens with zero attached hydrogens (tertiary/aromatic N) is 1. The molecule has 0 atom stereocenters. The number of halogens is 1. The number of hydrogen-bond donors (Lipinski definition) is 1. The zero-order valence-electron chi connectivity index (χ0n) is 10.8. The summed E-state index contributed by atoms with van der Waals surface area (Å²) in [5, 5.41) is 0. The predicted molar refractivity (Wildman–Crippen MR) is 68.7 cm³/mol. The van der Waals surface area contributed by atoms with Crippen molar-refractivity contribution in [3.05, 3.63) is 23.5 Å². The standard InChI is InChI=1S/C13H17FN2O3/c1-2-19-12-7-9(10(14)8-11(12)15)13(17)16-3-5-18-6-4-16/h7-8H,2-6,15H2,1H3. The third-order valence-electron chi connectivity index (χ3n) is 2.93. The van der Waals surface area contributed by atoms with E-state index in [1.807, 2.05) is 0 Å². The molecular weight excluding hydrogens is 251 g/mol. The van der Waals surface area contributed by atoms with Gasteiger partial charge in [0.1, 0.15) is 11.6 Å². The van der Waals surface area contributed by atoms with Gasteiger partial charge in [0.15, 0.2) is 0 Å². The van der Waals surface area contributed by atoms with Crippen LogP contribution in [0.25, 0.3) is 0 Å². The number of nitrogens with two attached hydrogens (primary N) is 1. The fourth-order valence-electron chi connectivity index (χ4n) is 1.95. The molecule has 1 aromatic carbocycles. The van der Waals surface area contributed by atoms with Crippen molar-refractivity contribution in [2.75, 3.05) is 38.6 Å². The van der Waals surface area contributed by atoms with E-state index in [0.29, 0.717) is 38.7 Å². The van der Waals surface area contributed by atoms with Crippen LogP contribution in [0.2, 0.25) is 0 Å². The highest BCUT2D eigenvalue weighted by Gasteiger charge is 2.22. The largest absolute Gasteiger partial charge is 0.492 e. The summed E-state index contributed by atoms with van der Waals surface area (Å²) in [6.45, 7) is 4.08. The first-order chi connectivity index (χ1) is 9.13. The summed E-state index contributed by atoms with van der Waals surface area (Å²) in [5.74, 6) is -0.653. The molecule has 2 N–H and O–H groups in total. The van der Waals surface area contributed by atoms with Gasteiger partial charge in [-0.3, -0.25) is 4.79 Å². The monoisotopic (exact) mass is 268 g/mol. The molecule has 1 heterocycles. The van der Waals surface area contributed by atoms with Gasteiger partial charge in [0.2, 0.25) is 0 Å². The first-order valence-electron chi connectivity index (χ1n) is 6.22. The van der Waals surface area contributed by atoms with Gasteiger partial charge in [-0.25, -0.2) is 4.39 Å². The maximum atomic E-state index is 13.9. The second-order valence-corrected chi connectivity index (χ2v) is 4.21. The zero-order chi connectivity index (χ0) is 13.8. The molecule has 0 spiro atoms. The van der Waals surface area contributed by atoms with Crippen LogP contribution in [-0.2, 0) is 4.74 Å². The second-order valence-electron chi connectivity index (χ2n) is 4.21. The summed E-state index contributed by atoms with van der Waals surface area (Å²) in [7, 11) is 0. The van der Waals surface area contributed by atoms with Crippen molar-refractivity contribution in [1.29, 1.82) is 0 Å². The van der Waals surface area contributed by atoms with Crippen molar-refractivity contribution in [3.8, 4) is 5.75 Å². The van der Waals surface area contributed by atoms with Crippen LogP contribution in [0.1, 0.15) is 17.3 Å². The molecule has 1 aliphatic rings. The van der Waals surface area contributed by atoms with Gasteiger partial charge in [0, 0.05) is 19.2 Å². The van der Waals surface area contributed by atoms with E-state index in [1.165, 1.54) is 6.07 Å². The molecule has 1 aromatic rings. The lowest BCUT2D eigenvalue weighted by atomic mass is 10.1. The van der Waals surface area contributed by atoms with E-state index in [9.17, 15) is 9.18 Å². The number of benzene rings is 1. The Bertz CT molecular complexity index is 473. The number of ether oxygens (including phenoxy) is 2. The molecule has 19 heavy (non-hydrogen) atoms. The minimum Gasteiger partial charge on any atom is -0.492 e. The Morgan fingerprint density at radius 3 is 2.79 bits per heavy atom. The molecule has 104 valence electrons.